The zero-order chi connectivity index (χ0) is 59.9. The fraction of sp³-hybridized carbons (Fsp3) is 0.571. The highest BCUT2D eigenvalue weighted by Gasteiger charge is 2.33. The molecule has 5 N–H and O–H groups in total. The monoisotopic (exact) mass is 1160 g/mol. The molecule has 0 radical (unpaired) electrons. The van der Waals surface area contributed by atoms with Gasteiger partial charge in [-0.2, -0.15) is 0 Å². The summed E-state index contributed by atoms with van der Waals surface area (Å²) >= 11 is 0. The van der Waals surface area contributed by atoms with Gasteiger partial charge in [0.1, 0.15) is 5.75 Å². The molecule has 10 rings (SSSR count). The van der Waals surface area contributed by atoms with Crippen LogP contribution in [0.5, 0.6) is 5.75 Å². The van der Waals surface area contributed by atoms with Gasteiger partial charge in [0.05, 0.1) is 45.7 Å². The maximum atomic E-state index is 13.1. The number of nitrogens with zero attached hydrogens (tertiary/aromatic N) is 7. The molecular formula is C63H88N12O9. The van der Waals surface area contributed by atoms with Crippen LogP contribution in [0.3, 0.4) is 0 Å². The second kappa shape index (κ2) is 29.9. The van der Waals surface area contributed by atoms with Crippen LogP contribution in [0.4, 0.5) is 23.5 Å². The van der Waals surface area contributed by atoms with Crippen molar-refractivity contribution >= 4 is 41.3 Å². The predicted molar refractivity (Wildman–Crippen MR) is 326 cm³/mol. The van der Waals surface area contributed by atoms with Gasteiger partial charge in [-0.3, -0.25) is 43.7 Å². The van der Waals surface area contributed by atoms with Crippen LogP contribution in [0.15, 0.2) is 62.9 Å². The first-order chi connectivity index (χ1) is 40.4. The first-order valence-electron chi connectivity index (χ1n) is 30.3. The Balaban J connectivity index is 0.000000166. The number of carbonyl (C=O) groups is 3. The highest BCUT2D eigenvalue weighted by atomic mass is 16.5. The average molecular weight is 1160 g/mol. The summed E-state index contributed by atoms with van der Waals surface area (Å²) in [4.78, 5) is 106. The maximum absolute atomic E-state index is 13.1. The van der Waals surface area contributed by atoms with E-state index in [1.165, 1.54) is 18.4 Å². The topological polar surface area (TPSA) is 253 Å². The van der Waals surface area contributed by atoms with Crippen molar-refractivity contribution in [2.24, 2.45) is 11.8 Å². The van der Waals surface area contributed by atoms with Gasteiger partial charge in [0.2, 0.25) is 35.6 Å². The Morgan fingerprint density at radius 1 is 0.643 bits per heavy atom. The third kappa shape index (κ3) is 17.4. The zero-order valence-corrected chi connectivity index (χ0v) is 50.6. The Hall–Kier alpha value is -7.39. The number of aromatic nitrogens is 6. The van der Waals surface area contributed by atoms with Crippen molar-refractivity contribution in [3.8, 4) is 5.75 Å². The van der Waals surface area contributed by atoms with Crippen LogP contribution in [0.25, 0.3) is 0 Å². The Morgan fingerprint density at radius 3 is 1.63 bits per heavy atom. The Bertz CT molecular complexity index is 3180. The fourth-order valence-electron chi connectivity index (χ4n) is 11.2. The van der Waals surface area contributed by atoms with E-state index < -0.39 is 0 Å². The van der Waals surface area contributed by atoms with Gasteiger partial charge in [0.15, 0.2) is 0 Å². The van der Waals surface area contributed by atoms with E-state index in [0.29, 0.717) is 159 Å². The standard InChI is InChI=1S/C25H34N4O3.C20H32N4O3.C18H22N4O3/c1-17(2)20-6-4-19(5-7-20)16-29(21-8-9-21)23(30)11-10-22-18(3)26-25(27-24(22)31)28-12-14-32-15-13-28;1-13-5-4-6-17(14(13)2)22-18(25)8-7-16-15(3)21-20(23-19(16)26)24-9-11-27-12-10-24;1-12-15(17(24)21-18(19-12)22-9-3-4-10-22)11-16(23)20-13-5-7-14(25-2)8-6-13/h4-7,17,21H,8-16H2,1-3H3,(H,26,27,31);13-14,17H,4-12H2,1-3H3,(H,22,25)(H,21,23,26);5-8H,3-4,9-11H2,1-2H3,(H,20,23)(H,19,21,24). The number of amides is 3. The van der Waals surface area contributed by atoms with Gasteiger partial charge in [-0.05, 0) is 119 Å². The fourth-order valence-corrected chi connectivity index (χ4v) is 11.2. The quantitative estimate of drug-likeness (QED) is 0.0604. The number of morpholine rings is 2. The summed E-state index contributed by atoms with van der Waals surface area (Å²) < 4.78 is 15.8. The van der Waals surface area contributed by atoms with Crippen molar-refractivity contribution in [3.63, 3.8) is 0 Å². The number of H-pyrrole nitrogens is 3. The molecule has 2 aromatic carbocycles. The van der Waals surface area contributed by atoms with E-state index >= 15 is 0 Å². The zero-order valence-electron chi connectivity index (χ0n) is 50.6. The average Bonchev–Trinajstić information content (AvgIpc) is 4.28. The summed E-state index contributed by atoms with van der Waals surface area (Å²) in [5.41, 5.74) is 6.18. The van der Waals surface area contributed by atoms with Crippen LogP contribution in [-0.4, -0.2) is 137 Å². The van der Waals surface area contributed by atoms with Crippen LogP contribution in [0.1, 0.15) is 136 Å². The van der Waals surface area contributed by atoms with Gasteiger partial charge < -0.3 is 44.4 Å². The predicted octanol–water partition coefficient (Wildman–Crippen LogP) is 6.82. The summed E-state index contributed by atoms with van der Waals surface area (Å²) in [6.45, 7) is 22.2. The molecule has 2 aliphatic carbocycles. The number of anilines is 4. The molecule has 0 bridgehead atoms. The largest absolute Gasteiger partial charge is 0.497 e. The lowest BCUT2D eigenvalue weighted by atomic mass is 9.78. The summed E-state index contributed by atoms with van der Waals surface area (Å²) in [7, 11) is 1.58. The number of ether oxygens (including phenoxy) is 3. The first kappa shape index (κ1) is 62.7. The van der Waals surface area contributed by atoms with Crippen molar-refractivity contribution in [3.05, 3.63) is 124 Å². The number of hydrogen-bond donors (Lipinski definition) is 5. The van der Waals surface area contributed by atoms with Gasteiger partial charge in [-0.1, -0.05) is 64.8 Å². The lowest BCUT2D eigenvalue weighted by Crippen LogP contribution is -2.43. The second-order valence-electron chi connectivity index (χ2n) is 23.3. The number of methoxy groups -OCH3 is 1. The van der Waals surface area contributed by atoms with Gasteiger partial charge >= 0.3 is 0 Å². The third-order valence-corrected chi connectivity index (χ3v) is 16.9. The van der Waals surface area contributed by atoms with Crippen LogP contribution in [0.2, 0.25) is 0 Å². The number of benzene rings is 2. The molecule has 5 fully saturated rings. The molecule has 3 aromatic heterocycles. The van der Waals surface area contributed by atoms with Crippen LogP contribution in [-0.2, 0) is 49.7 Å². The summed E-state index contributed by atoms with van der Waals surface area (Å²) in [5.74, 6) is 4.02. The molecule has 84 heavy (non-hydrogen) atoms. The van der Waals surface area contributed by atoms with Crippen LogP contribution in [0, 0.1) is 32.6 Å². The van der Waals surface area contributed by atoms with Crippen molar-refractivity contribution in [2.75, 3.05) is 92.8 Å². The van der Waals surface area contributed by atoms with E-state index in [2.05, 4.69) is 97.4 Å². The lowest BCUT2D eigenvalue weighted by Gasteiger charge is -2.34. The minimum Gasteiger partial charge on any atom is -0.497 e. The van der Waals surface area contributed by atoms with Gasteiger partial charge in [0.25, 0.3) is 16.7 Å². The minimum absolute atomic E-state index is 0.0134. The number of aromatic amines is 3. The van der Waals surface area contributed by atoms with Crippen molar-refractivity contribution < 1.29 is 28.6 Å². The third-order valence-electron chi connectivity index (χ3n) is 16.9. The molecule has 5 aliphatic rings. The van der Waals surface area contributed by atoms with E-state index in [0.717, 1.165) is 63.8 Å². The molecule has 21 heteroatoms. The number of nitrogens with one attached hydrogen (secondary N) is 5. The van der Waals surface area contributed by atoms with Crippen molar-refractivity contribution in [2.45, 2.75) is 150 Å². The van der Waals surface area contributed by atoms with Crippen LogP contribution >= 0.6 is 0 Å². The highest BCUT2D eigenvalue weighted by Crippen LogP contribution is 2.31. The Morgan fingerprint density at radius 2 is 1.14 bits per heavy atom. The van der Waals surface area contributed by atoms with E-state index in [1.807, 2.05) is 28.5 Å². The van der Waals surface area contributed by atoms with Crippen LogP contribution < -0.4 is 46.7 Å². The molecule has 3 atom stereocenters. The Kier molecular flexibility index (Phi) is 22.3. The molecule has 2 saturated carbocycles. The van der Waals surface area contributed by atoms with Gasteiger partial charge in [-0.15, -0.1) is 0 Å². The molecule has 3 aliphatic heterocycles. The second-order valence-corrected chi connectivity index (χ2v) is 23.3. The molecule has 3 saturated heterocycles. The van der Waals surface area contributed by atoms with Gasteiger partial charge in [0, 0.05) is 105 Å². The molecular weight excluding hydrogens is 1070 g/mol. The molecule has 3 amide bonds. The number of rotatable bonds is 18. The molecule has 454 valence electrons. The maximum Gasteiger partial charge on any atom is 0.256 e. The molecule has 6 heterocycles. The summed E-state index contributed by atoms with van der Waals surface area (Å²) in [6, 6.07) is 16.2. The number of aryl methyl sites for hydroxylation is 3. The smallest absolute Gasteiger partial charge is 0.256 e. The lowest BCUT2D eigenvalue weighted by molar-refractivity contribution is -0.132. The first-order valence-corrected chi connectivity index (χ1v) is 30.3. The highest BCUT2D eigenvalue weighted by molar-refractivity contribution is 5.92. The molecule has 0 spiro atoms. The van der Waals surface area contributed by atoms with E-state index in [9.17, 15) is 28.8 Å². The molecule has 21 nitrogen and oxygen atoms in total. The van der Waals surface area contributed by atoms with E-state index in [-0.39, 0.29) is 46.9 Å². The van der Waals surface area contributed by atoms with E-state index in [1.54, 1.807) is 38.3 Å². The molecule has 5 aromatic rings. The summed E-state index contributed by atoms with van der Waals surface area (Å²) in [5, 5.41) is 5.96. The van der Waals surface area contributed by atoms with Crippen molar-refractivity contribution in [1.82, 2.24) is 40.1 Å². The minimum atomic E-state index is -0.255. The van der Waals surface area contributed by atoms with E-state index in [4.69, 9.17) is 14.2 Å². The Labute approximate surface area is 493 Å². The normalized spacial score (nSPS) is 18.7. The number of carbonyl (C=O) groups excluding carboxylic acids is 3. The SMILES string of the molecule is COc1ccc(NC(=O)Cc2c(C)nc(N3CCCC3)[nH]c2=O)cc1.Cc1nc(N2CCOCC2)[nH]c(=O)c1CCC(=O)N(Cc1ccc(C(C)C)cc1)C1CC1.Cc1nc(N2CCOCC2)[nH]c(=O)c1CCC(=O)NC1CCCC(C)C1C. The molecule has 3 unspecified atom stereocenters. The van der Waals surface area contributed by atoms with Crippen molar-refractivity contribution in [1.29, 1.82) is 0 Å². The summed E-state index contributed by atoms with van der Waals surface area (Å²) in [6.07, 6.45) is 9.24. The number of hydrogen-bond acceptors (Lipinski definition) is 15. The van der Waals surface area contributed by atoms with Gasteiger partial charge in [-0.25, -0.2) is 15.0 Å².